The molecule has 0 amide bonds. The first-order chi connectivity index (χ1) is 4.65. The molecule has 0 nitrogen and oxygen atoms in total. The van der Waals surface area contributed by atoms with E-state index >= 15 is 0 Å². The second-order valence-corrected chi connectivity index (χ2v) is 5.31. The first-order valence-electron chi connectivity index (χ1n) is 4.44. The molecule has 0 saturated heterocycles. The molecule has 0 aromatic carbocycles. The monoisotopic (exact) mass is 152 g/mol. The Labute approximate surface area is 73.2 Å². The average molecular weight is 152 g/mol. The molecule has 0 N–H and O–H groups in total. The van der Waals surface area contributed by atoms with E-state index < -0.39 is 0 Å². The van der Waals surface area contributed by atoms with Crippen molar-refractivity contribution in [1.82, 2.24) is 0 Å². The van der Waals surface area contributed by atoms with Crippen LogP contribution in [0.5, 0.6) is 0 Å². The lowest BCUT2D eigenvalue weighted by Gasteiger charge is -2.36. The molecule has 0 aromatic rings. The Kier molecular flexibility index (Phi) is 3.22. The van der Waals surface area contributed by atoms with Crippen LogP contribution in [0.4, 0.5) is 0 Å². The van der Waals surface area contributed by atoms with Crippen molar-refractivity contribution in [2.45, 2.75) is 53.3 Å². The summed E-state index contributed by atoms with van der Waals surface area (Å²) >= 11 is 0. The Morgan fingerprint density at radius 3 is 1.55 bits per heavy atom. The van der Waals surface area contributed by atoms with E-state index in [1.54, 1.807) is 0 Å². The van der Waals surface area contributed by atoms with Crippen molar-refractivity contribution >= 4 is 7.85 Å². The number of rotatable bonds is 3. The van der Waals surface area contributed by atoms with Gasteiger partial charge in [-0.1, -0.05) is 53.3 Å². The average Bonchev–Trinajstić information content (AvgIpc) is 1.56. The maximum absolute atomic E-state index is 5.96. The van der Waals surface area contributed by atoms with Crippen LogP contribution in [-0.4, -0.2) is 7.85 Å². The molecule has 0 rings (SSSR count). The van der Waals surface area contributed by atoms with Crippen LogP contribution in [0, 0.1) is 11.3 Å². The van der Waals surface area contributed by atoms with Crippen molar-refractivity contribution in [2.75, 3.05) is 0 Å². The SMILES string of the molecule is [B]C(C)(C)CC(C)(C)C(C)C. The van der Waals surface area contributed by atoms with Crippen LogP contribution < -0.4 is 0 Å². The maximum Gasteiger partial charge on any atom is 0.0739 e. The molecule has 2 radical (unpaired) electrons. The minimum Gasteiger partial charge on any atom is -0.0711 e. The van der Waals surface area contributed by atoms with Gasteiger partial charge in [0.15, 0.2) is 0 Å². The van der Waals surface area contributed by atoms with E-state index in [4.69, 9.17) is 7.85 Å². The molecule has 0 aromatic heterocycles. The van der Waals surface area contributed by atoms with E-state index in [1.807, 2.05) is 0 Å². The van der Waals surface area contributed by atoms with E-state index in [1.165, 1.54) is 0 Å². The zero-order valence-corrected chi connectivity index (χ0v) is 8.86. The molecule has 0 spiro atoms. The summed E-state index contributed by atoms with van der Waals surface area (Å²) in [7, 11) is 5.96. The lowest BCUT2D eigenvalue weighted by molar-refractivity contribution is 0.205. The summed E-state index contributed by atoms with van der Waals surface area (Å²) in [6, 6.07) is 0. The Bertz CT molecular complexity index is 117. The maximum atomic E-state index is 5.96. The van der Waals surface area contributed by atoms with Crippen LogP contribution in [0.3, 0.4) is 0 Å². The third-order valence-electron chi connectivity index (χ3n) is 2.47. The standard InChI is InChI=1S/C10H21B/c1-8(2)9(3,4)7-10(5,6)11/h8H,7H2,1-6H3. The highest BCUT2D eigenvalue weighted by Gasteiger charge is 2.27. The fraction of sp³-hybridized carbons (Fsp3) is 1.00. The van der Waals surface area contributed by atoms with E-state index in [0.29, 0.717) is 11.3 Å². The molecule has 0 bridgehead atoms. The van der Waals surface area contributed by atoms with Gasteiger partial charge in [0.25, 0.3) is 0 Å². The van der Waals surface area contributed by atoms with Gasteiger partial charge in [0.1, 0.15) is 0 Å². The summed E-state index contributed by atoms with van der Waals surface area (Å²) in [4.78, 5) is 0. The number of hydrogen-bond acceptors (Lipinski definition) is 0. The fourth-order valence-corrected chi connectivity index (χ4v) is 1.38. The quantitative estimate of drug-likeness (QED) is 0.543. The van der Waals surface area contributed by atoms with Crippen LogP contribution >= 0.6 is 0 Å². The Balaban J connectivity index is 4.13. The van der Waals surface area contributed by atoms with Crippen molar-refractivity contribution in [3.05, 3.63) is 0 Å². The van der Waals surface area contributed by atoms with Gasteiger partial charge < -0.3 is 0 Å². The van der Waals surface area contributed by atoms with E-state index in [2.05, 4.69) is 41.5 Å². The van der Waals surface area contributed by atoms with Gasteiger partial charge in [-0.3, -0.25) is 0 Å². The lowest BCUT2D eigenvalue weighted by Crippen LogP contribution is -2.24. The molecule has 0 aliphatic heterocycles. The van der Waals surface area contributed by atoms with Gasteiger partial charge in [-0.25, -0.2) is 0 Å². The zero-order chi connectivity index (χ0) is 9.28. The largest absolute Gasteiger partial charge is 0.0739 e. The van der Waals surface area contributed by atoms with Gasteiger partial charge in [-0.15, -0.1) is 0 Å². The molecular weight excluding hydrogens is 131 g/mol. The summed E-state index contributed by atoms with van der Waals surface area (Å²) in [5.74, 6) is 0.699. The third-order valence-corrected chi connectivity index (χ3v) is 2.47. The van der Waals surface area contributed by atoms with Crippen molar-refractivity contribution in [1.29, 1.82) is 0 Å². The van der Waals surface area contributed by atoms with Gasteiger partial charge >= 0.3 is 0 Å². The van der Waals surface area contributed by atoms with Crippen molar-refractivity contribution in [3.8, 4) is 0 Å². The van der Waals surface area contributed by atoms with Crippen LogP contribution in [-0.2, 0) is 0 Å². The van der Waals surface area contributed by atoms with Crippen molar-refractivity contribution in [3.63, 3.8) is 0 Å². The summed E-state index contributed by atoms with van der Waals surface area (Å²) < 4.78 is 0. The van der Waals surface area contributed by atoms with Gasteiger partial charge in [0, 0.05) is 0 Å². The predicted octanol–water partition coefficient (Wildman–Crippen LogP) is 3.43. The molecule has 0 saturated carbocycles. The summed E-state index contributed by atoms with van der Waals surface area (Å²) in [5, 5.41) is -0.0340. The highest BCUT2D eigenvalue weighted by molar-refractivity contribution is 6.14. The normalized spacial score (nSPS) is 14.1. The molecule has 1 heteroatoms. The second-order valence-electron chi connectivity index (χ2n) is 5.31. The molecule has 0 fully saturated rings. The number of hydrogen-bond donors (Lipinski definition) is 0. The molecule has 0 atom stereocenters. The smallest absolute Gasteiger partial charge is 0.0711 e. The van der Waals surface area contributed by atoms with Crippen LogP contribution in [0.25, 0.3) is 0 Å². The first kappa shape index (κ1) is 11.1. The first-order valence-corrected chi connectivity index (χ1v) is 4.44. The Hall–Kier alpha value is 0.0649. The summed E-state index contributed by atoms with van der Waals surface area (Å²) in [6.45, 7) is 13.3. The van der Waals surface area contributed by atoms with Crippen LogP contribution in [0.2, 0.25) is 5.31 Å². The van der Waals surface area contributed by atoms with Gasteiger partial charge in [-0.2, -0.15) is 0 Å². The zero-order valence-electron chi connectivity index (χ0n) is 8.86. The molecule has 0 heterocycles. The molecule has 0 unspecified atom stereocenters. The third kappa shape index (κ3) is 4.50. The van der Waals surface area contributed by atoms with Gasteiger partial charge in [0.05, 0.1) is 7.85 Å². The molecule has 11 heavy (non-hydrogen) atoms. The molecule has 0 aliphatic carbocycles. The van der Waals surface area contributed by atoms with Crippen molar-refractivity contribution in [2.24, 2.45) is 11.3 Å². The van der Waals surface area contributed by atoms with Crippen LogP contribution in [0.1, 0.15) is 48.0 Å². The highest BCUT2D eigenvalue weighted by Crippen LogP contribution is 2.40. The fourth-order valence-electron chi connectivity index (χ4n) is 1.38. The van der Waals surface area contributed by atoms with E-state index in [-0.39, 0.29) is 5.31 Å². The van der Waals surface area contributed by atoms with Crippen molar-refractivity contribution < 1.29 is 0 Å². The molecule has 64 valence electrons. The van der Waals surface area contributed by atoms with Gasteiger partial charge in [-0.05, 0) is 11.3 Å². The van der Waals surface area contributed by atoms with E-state index in [0.717, 1.165) is 6.42 Å². The second kappa shape index (κ2) is 3.20. The van der Waals surface area contributed by atoms with Gasteiger partial charge in [0.2, 0.25) is 0 Å². The summed E-state index contributed by atoms with van der Waals surface area (Å²) in [5.41, 5.74) is 0.359. The molecular formula is C10H21B. The Morgan fingerprint density at radius 2 is 1.45 bits per heavy atom. The topological polar surface area (TPSA) is 0 Å². The molecule has 0 aliphatic rings. The predicted molar refractivity (Wildman–Crippen MR) is 53.0 cm³/mol. The van der Waals surface area contributed by atoms with Crippen LogP contribution in [0.15, 0.2) is 0 Å². The van der Waals surface area contributed by atoms with E-state index in [9.17, 15) is 0 Å². The lowest BCUT2D eigenvalue weighted by atomic mass is 9.61. The summed E-state index contributed by atoms with van der Waals surface area (Å²) in [6.07, 6.45) is 1.08. The minimum atomic E-state index is -0.0340. The minimum absolute atomic E-state index is 0.0340. The highest BCUT2D eigenvalue weighted by atomic mass is 14.3. The Morgan fingerprint density at radius 1 is 1.09 bits per heavy atom.